The van der Waals surface area contributed by atoms with Gasteiger partial charge in [-0.2, -0.15) is 0 Å². The second-order valence-electron chi connectivity index (χ2n) is 9.16. The molecule has 0 spiro atoms. The molecule has 31 heavy (non-hydrogen) atoms. The maximum atomic E-state index is 13.2. The summed E-state index contributed by atoms with van der Waals surface area (Å²) in [6.07, 6.45) is 9.73. The van der Waals surface area contributed by atoms with Gasteiger partial charge >= 0.3 is 0 Å². The van der Waals surface area contributed by atoms with E-state index in [0.717, 1.165) is 43.4 Å². The molecule has 4 nitrogen and oxygen atoms in total. The van der Waals surface area contributed by atoms with Crippen molar-refractivity contribution in [3.05, 3.63) is 66.9 Å². The Morgan fingerprint density at radius 2 is 1.84 bits per heavy atom. The number of aromatic nitrogens is 1. The van der Waals surface area contributed by atoms with Crippen LogP contribution < -0.4 is 0 Å². The van der Waals surface area contributed by atoms with Gasteiger partial charge in [0.25, 0.3) is 0 Å². The Labute approximate surface area is 186 Å². The molecule has 1 aromatic heterocycles. The van der Waals surface area contributed by atoms with Crippen LogP contribution in [0.4, 0.5) is 0 Å². The molecule has 2 aliphatic heterocycles. The normalized spacial score (nSPS) is 23.0. The van der Waals surface area contributed by atoms with Crippen molar-refractivity contribution < 1.29 is 4.79 Å². The van der Waals surface area contributed by atoms with Crippen molar-refractivity contribution in [2.75, 3.05) is 39.3 Å². The second kappa shape index (κ2) is 10.3. The van der Waals surface area contributed by atoms with E-state index >= 15 is 0 Å². The van der Waals surface area contributed by atoms with Crippen LogP contribution in [-0.4, -0.2) is 59.8 Å². The fourth-order valence-electron chi connectivity index (χ4n) is 5.18. The Balaban J connectivity index is 1.34. The van der Waals surface area contributed by atoms with Crippen LogP contribution in [0.2, 0.25) is 0 Å². The number of benzene rings is 1. The molecule has 0 radical (unpaired) electrons. The van der Waals surface area contributed by atoms with Gasteiger partial charge in [0, 0.05) is 36.8 Å². The van der Waals surface area contributed by atoms with Gasteiger partial charge in [-0.15, -0.1) is 6.58 Å². The van der Waals surface area contributed by atoms with Crippen LogP contribution in [0.5, 0.6) is 0 Å². The molecule has 2 aliphatic rings. The summed E-state index contributed by atoms with van der Waals surface area (Å²) in [4.78, 5) is 22.8. The van der Waals surface area contributed by atoms with Crippen molar-refractivity contribution in [2.24, 2.45) is 11.8 Å². The molecule has 4 rings (SSSR count). The summed E-state index contributed by atoms with van der Waals surface area (Å²) in [5.41, 5.74) is 2.27. The third kappa shape index (κ3) is 5.31. The summed E-state index contributed by atoms with van der Waals surface area (Å²) in [6, 6.07) is 9.64. The molecule has 164 valence electrons. The van der Waals surface area contributed by atoms with Crippen molar-refractivity contribution in [3.63, 3.8) is 0 Å². The highest BCUT2D eigenvalue weighted by Crippen LogP contribution is 2.31. The first-order valence-corrected chi connectivity index (χ1v) is 11.8. The number of pyridine rings is 1. The summed E-state index contributed by atoms with van der Waals surface area (Å²) in [5, 5.41) is 0.906. The van der Waals surface area contributed by atoms with Crippen LogP contribution in [-0.2, 0) is 0 Å². The molecule has 0 saturated carbocycles. The molecule has 0 N–H and O–H groups in total. The first-order valence-electron chi connectivity index (χ1n) is 11.8. The van der Waals surface area contributed by atoms with Crippen molar-refractivity contribution in [3.8, 4) is 0 Å². The molecule has 2 saturated heterocycles. The zero-order chi connectivity index (χ0) is 21.6. The van der Waals surface area contributed by atoms with E-state index in [1.54, 1.807) is 6.20 Å². The van der Waals surface area contributed by atoms with E-state index in [1.165, 1.54) is 38.9 Å². The molecule has 4 heteroatoms. The van der Waals surface area contributed by atoms with Crippen molar-refractivity contribution >= 4 is 16.7 Å². The van der Waals surface area contributed by atoms with Crippen LogP contribution >= 0.6 is 0 Å². The van der Waals surface area contributed by atoms with Gasteiger partial charge in [-0.1, -0.05) is 37.3 Å². The number of hydrogen-bond acceptors (Lipinski definition) is 4. The van der Waals surface area contributed by atoms with E-state index < -0.39 is 0 Å². The Morgan fingerprint density at radius 1 is 1.06 bits per heavy atom. The van der Waals surface area contributed by atoms with E-state index in [2.05, 4.69) is 34.0 Å². The third-order valence-corrected chi connectivity index (χ3v) is 7.10. The number of fused-ring (bicyclic) bond motifs is 1. The zero-order valence-electron chi connectivity index (χ0n) is 18.6. The number of piperidine rings is 2. The van der Waals surface area contributed by atoms with Crippen LogP contribution in [0.3, 0.4) is 0 Å². The quantitative estimate of drug-likeness (QED) is 0.345. The molecule has 2 aromatic rings. The van der Waals surface area contributed by atoms with Crippen LogP contribution in [0.1, 0.15) is 42.5 Å². The minimum absolute atomic E-state index is 0.0499. The lowest BCUT2D eigenvalue weighted by atomic mass is 9.80. The largest absolute Gasteiger partial charge is 0.302 e. The smallest absolute Gasteiger partial charge is 0.189 e. The van der Waals surface area contributed by atoms with Gasteiger partial charge in [0.2, 0.25) is 0 Å². The highest BCUT2D eigenvalue weighted by Gasteiger charge is 2.29. The van der Waals surface area contributed by atoms with E-state index in [0.29, 0.717) is 23.0 Å². The van der Waals surface area contributed by atoms with Gasteiger partial charge in [-0.05, 0) is 74.9 Å². The number of hydrogen-bond donors (Lipinski definition) is 0. The lowest BCUT2D eigenvalue weighted by Crippen LogP contribution is -2.44. The Morgan fingerprint density at radius 3 is 2.65 bits per heavy atom. The molecular weight excluding hydrogens is 382 g/mol. The molecular formula is C27H35N3O. The molecule has 0 aliphatic carbocycles. The fourth-order valence-corrected chi connectivity index (χ4v) is 5.18. The molecule has 0 amide bonds. The van der Waals surface area contributed by atoms with E-state index in [1.807, 2.05) is 30.3 Å². The van der Waals surface area contributed by atoms with Crippen LogP contribution in [0.15, 0.2) is 61.3 Å². The first kappa shape index (κ1) is 21.9. The summed E-state index contributed by atoms with van der Waals surface area (Å²) < 4.78 is 0. The molecule has 3 heterocycles. The van der Waals surface area contributed by atoms with Gasteiger partial charge in [0.15, 0.2) is 5.78 Å². The molecule has 0 bridgehead atoms. The summed E-state index contributed by atoms with van der Waals surface area (Å²) >= 11 is 0. The standard InChI is InChI=1S/C27H35N3O/c1-3-22-20-30(18-17-29-14-7-4-8-15-29)16-12-23(22)19-21(2)27(31)25-11-13-28-26-10-6-5-9-24(25)26/h3,5-6,9-11,13,22-23H,1-2,4,7-8,12,14-20H2. The monoisotopic (exact) mass is 417 g/mol. The van der Waals surface area contributed by atoms with Crippen LogP contribution in [0, 0.1) is 11.8 Å². The lowest BCUT2D eigenvalue weighted by molar-refractivity contribution is 0.100. The molecule has 2 unspecified atom stereocenters. The molecule has 2 fully saturated rings. The predicted molar refractivity (Wildman–Crippen MR) is 128 cm³/mol. The first-order chi connectivity index (χ1) is 15.2. The second-order valence-corrected chi connectivity index (χ2v) is 9.16. The number of allylic oxidation sites excluding steroid dienone is 1. The van der Waals surface area contributed by atoms with Crippen molar-refractivity contribution in [2.45, 2.75) is 32.1 Å². The van der Waals surface area contributed by atoms with Crippen molar-refractivity contribution in [1.82, 2.24) is 14.8 Å². The minimum Gasteiger partial charge on any atom is -0.302 e. The van der Waals surface area contributed by atoms with Crippen molar-refractivity contribution in [1.29, 1.82) is 0 Å². The van der Waals surface area contributed by atoms with Crippen LogP contribution in [0.25, 0.3) is 10.9 Å². The zero-order valence-corrected chi connectivity index (χ0v) is 18.6. The molecule has 2 atom stereocenters. The van der Waals surface area contributed by atoms with E-state index in [4.69, 9.17) is 0 Å². The number of para-hydroxylation sites is 1. The fraction of sp³-hybridized carbons (Fsp3) is 0.481. The van der Waals surface area contributed by atoms with Gasteiger partial charge < -0.3 is 9.80 Å². The Bertz CT molecular complexity index is 926. The summed E-state index contributed by atoms with van der Waals surface area (Å²) in [6.45, 7) is 15.3. The molecule has 1 aromatic carbocycles. The Kier molecular flexibility index (Phi) is 7.31. The highest BCUT2D eigenvalue weighted by molar-refractivity contribution is 6.15. The number of ketones is 1. The third-order valence-electron chi connectivity index (χ3n) is 7.10. The number of carbonyl (C=O) groups excluding carboxylic acids is 1. The highest BCUT2D eigenvalue weighted by atomic mass is 16.1. The number of Topliss-reactive ketones (excluding diaryl/α,β-unsaturated/α-hetero) is 1. The summed E-state index contributed by atoms with van der Waals surface area (Å²) in [7, 11) is 0. The lowest BCUT2D eigenvalue weighted by Gasteiger charge is -2.38. The number of carbonyl (C=O) groups is 1. The Hall–Kier alpha value is -2.30. The van der Waals surface area contributed by atoms with Gasteiger partial charge in [-0.25, -0.2) is 0 Å². The topological polar surface area (TPSA) is 36.4 Å². The maximum Gasteiger partial charge on any atom is 0.189 e. The van der Waals surface area contributed by atoms with E-state index in [9.17, 15) is 4.79 Å². The SMILES string of the molecule is C=CC1CN(CCN2CCCCC2)CCC1CC(=C)C(=O)c1ccnc2ccccc12. The number of rotatable bonds is 8. The summed E-state index contributed by atoms with van der Waals surface area (Å²) in [5.74, 6) is 0.899. The van der Waals surface area contributed by atoms with E-state index in [-0.39, 0.29) is 5.78 Å². The number of nitrogens with zero attached hydrogens (tertiary/aromatic N) is 3. The predicted octanol–water partition coefficient (Wildman–Crippen LogP) is 4.97. The van der Waals surface area contributed by atoms with Gasteiger partial charge in [0.05, 0.1) is 5.52 Å². The van der Waals surface area contributed by atoms with Gasteiger partial charge in [0.1, 0.15) is 0 Å². The minimum atomic E-state index is 0.0499. The average Bonchev–Trinajstić information content (AvgIpc) is 2.83. The average molecular weight is 418 g/mol. The maximum absolute atomic E-state index is 13.2. The van der Waals surface area contributed by atoms with Gasteiger partial charge in [-0.3, -0.25) is 9.78 Å². The number of likely N-dealkylation sites (tertiary alicyclic amines) is 2.